The molecule has 2 rings (SSSR count). The highest BCUT2D eigenvalue weighted by Crippen LogP contribution is 2.39. The number of alkyl halides is 3. The summed E-state index contributed by atoms with van der Waals surface area (Å²) >= 11 is 1.25. The molecule has 2 aromatic carbocycles. The van der Waals surface area contributed by atoms with Crippen molar-refractivity contribution in [2.75, 3.05) is 11.5 Å². The third-order valence-electron chi connectivity index (χ3n) is 4.33. The van der Waals surface area contributed by atoms with Gasteiger partial charge < -0.3 is 10.8 Å². The van der Waals surface area contributed by atoms with E-state index in [1.165, 1.54) is 42.1 Å². The third kappa shape index (κ3) is 6.24. The zero-order valence-electron chi connectivity index (χ0n) is 15.0. The van der Waals surface area contributed by atoms with Crippen molar-refractivity contribution in [3.8, 4) is 11.1 Å². The number of nitrogens with two attached hydrogens (primary N) is 1. The first-order valence-corrected chi connectivity index (χ1v) is 9.83. The van der Waals surface area contributed by atoms with E-state index in [2.05, 4.69) is 0 Å². The maximum Gasteiger partial charge on any atom is 0.395 e. The van der Waals surface area contributed by atoms with Gasteiger partial charge in [0.15, 0.2) is 0 Å². The van der Waals surface area contributed by atoms with Crippen LogP contribution in [-0.4, -0.2) is 34.8 Å². The fraction of sp³-hybridized carbons (Fsp3) is 0.350. The maximum absolute atomic E-state index is 13.8. The molecule has 2 atom stereocenters. The van der Waals surface area contributed by atoms with Crippen LogP contribution in [0.2, 0.25) is 0 Å². The number of rotatable bonds is 9. The summed E-state index contributed by atoms with van der Waals surface area (Å²) in [6.45, 7) is 0. The van der Waals surface area contributed by atoms with Crippen molar-refractivity contribution in [2.45, 2.75) is 31.0 Å². The first-order valence-electron chi connectivity index (χ1n) is 8.68. The predicted octanol–water partition coefficient (Wildman–Crippen LogP) is 5.06. The SMILES string of the molecule is NC(CCSCCC(c1ccc(-c2ccccc2F)cc1)C(F)(F)F)C(=O)O. The molecule has 0 amide bonds. The summed E-state index contributed by atoms with van der Waals surface area (Å²) in [4.78, 5) is 10.6. The average molecular weight is 415 g/mol. The molecule has 2 unspecified atom stereocenters. The van der Waals surface area contributed by atoms with E-state index in [0.717, 1.165) is 0 Å². The number of thioether (sulfide) groups is 1. The Morgan fingerprint density at radius 2 is 1.64 bits per heavy atom. The van der Waals surface area contributed by atoms with Crippen LogP contribution in [0.15, 0.2) is 48.5 Å². The Balaban J connectivity index is 2.01. The topological polar surface area (TPSA) is 63.3 Å². The number of carbonyl (C=O) groups is 1. The van der Waals surface area contributed by atoms with E-state index in [4.69, 9.17) is 10.8 Å². The lowest BCUT2D eigenvalue weighted by atomic mass is 9.93. The summed E-state index contributed by atoms with van der Waals surface area (Å²) in [7, 11) is 0. The molecule has 0 fully saturated rings. The molecule has 0 saturated heterocycles. The second-order valence-corrected chi connectivity index (χ2v) is 7.56. The number of benzene rings is 2. The van der Waals surface area contributed by atoms with E-state index in [0.29, 0.717) is 16.9 Å². The summed E-state index contributed by atoms with van der Waals surface area (Å²) in [5.41, 5.74) is 6.34. The molecule has 0 spiro atoms. The Labute approximate surface area is 164 Å². The van der Waals surface area contributed by atoms with Crippen molar-refractivity contribution in [1.82, 2.24) is 0 Å². The maximum atomic E-state index is 13.8. The molecule has 8 heteroatoms. The largest absolute Gasteiger partial charge is 0.480 e. The van der Waals surface area contributed by atoms with E-state index in [1.807, 2.05) is 0 Å². The number of aliphatic carboxylic acids is 1. The second kappa shape index (κ2) is 9.93. The van der Waals surface area contributed by atoms with Crippen LogP contribution in [0.3, 0.4) is 0 Å². The molecule has 0 radical (unpaired) electrons. The Bertz CT molecular complexity index is 781. The minimum atomic E-state index is -4.41. The summed E-state index contributed by atoms with van der Waals surface area (Å²) in [5, 5.41) is 8.70. The molecule has 0 saturated carbocycles. The van der Waals surface area contributed by atoms with Crippen LogP contribution in [0.4, 0.5) is 17.6 Å². The monoisotopic (exact) mass is 415 g/mol. The lowest BCUT2D eigenvalue weighted by Gasteiger charge is -2.21. The third-order valence-corrected chi connectivity index (χ3v) is 5.38. The molecule has 3 N–H and O–H groups in total. The normalized spacial score (nSPS) is 13.9. The van der Waals surface area contributed by atoms with Gasteiger partial charge in [-0.2, -0.15) is 24.9 Å². The van der Waals surface area contributed by atoms with Crippen molar-refractivity contribution < 1.29 is 27.5 Å². The van der Waals surface area contributed by atoms with Crippen LogP contribution in [0.25, 0.3) is 11.1 Å². The van der Waals surface area contributed by atoms with E-state index >= 15 is 0 Å². The Kier molecular flexibility index (Phi) is 7.88. The zero-order chi connectivity index (χ0) is 20.7. The summed E-state index contributed by atoms with van der Waals surface area (Å²) in [6.07, 6.45) is -4.33. The summed E-state index contributed by atoms with van der Waals surface area (Å²) < 4.78 is 54.3. The van der Waals surface area contributed by atoms with Gasteiger partial charge >= 0.3 is 12.1 Å². The Morgan fingerprint density at radius 1 is 1.04 bits per heavy atom. The smallest absolute Gasteiger partial charge is 0.395 e. The average Bonchev–Trinajstić information content (AvgIpc) is 2.64. The highest BCUT2D eigenvalue weighted by atomic mass is 32.2. The number of carboxylic acids is 1. The van der Waals surface area contributed by atoms with Crippen LogP contribution < -0.4 is 5.73 Å². The van der Waals surface area contributed by atoms with Crippen molar-refractivity contribution >= 4 is 17.7 Å². The van der Waals surface area contributed by atoms with Gasteiger partial charge in [0.2, 0.25) is 0 Å². The van der Waals surface area contributed by atoms with E-state index < -0.39 is 29.9 Å². The molecule has 3 nitrogen and oxygen atoms in total. The van der Waals surface area contributed by atoms with E-state index in [-0.39, 0.29) is 24.2 Å². The number of hydrogen-bond donors (Lipinski definition) is 2. The first kappa shape index (κ1) is 22.2. The molecule has 28 heavy (non-hydrogen) atoms. The van der Waals surface area contributed by atoms with Gasteiger partial charge in [-0.15, -0.1) is 0 Å². The molecular weight excluding hydrogens is 394 g/mol. The Morgan fingerprint density at radius 3 is 2.21 bits per heavy atom. The fourth-order valence-corrected chi connectivity index (χ4v) is 3.77. The van der Waals surface area contributed by atoms with Gasteiger partial charge in [-0.3, -0.25) is 4.79 Å². The fourth-order valence-electron chi connectivity index (χ4n) is 2.75. The van der Waals surface area contributed by atoms with Crippen LogP contribution in [-0.2, 0) is 4.79 Å². The van der Waals surface area contributed by atoms with Gasteiger partial charge in [0.05, 0.1) is 5.92 Å². The van der Waals surface area contributed by atoms with E-state index in [1.54, 1.807) is 18.2 Å². The summed E-state index contributed by atoms with van der Waals surface area (Å²) in [5.74, 6) is -2.58. The highest BCUT2D eigenvalue weighted by molar-refractivity contribution is 7.99. The Hall–Kier alpha value is -2.06. The molecule has 0 bridgehead atoms. The first-order chi connectivity index (χ1) is 13.2. The van der Waals surface area contributed by atoms with Gasteiger partial charge in [0.1, 0.15) is 11.9 Å². The zero-order valence-corrected chi connectivity index (χ0v) is 15.8. The molecule has 152 valence electrons. The molecular formula is C20H21F4NO2S. The number of carboxylic acid groups (broad SMARTS) is 1. The highest BCUT2D eigenvalue weighted by Gasteiger charge is 2.40. The van der Waals surface area contributed by atoms with E-state index in [9.17, 15) is 22.4 Å². The lowest BCUT2D eigenvalue weighted by molar-refractivity contribution is -0.150. The second-order valence-electron chi connectivity index (χ2n) is 6.33. The van der Waals surface area contributed by atoms with Gasteiger partial charge in [-0.1, -0.05) is 42.5 Å². The molecule has 2 aromatic rings. The molecule has 0 aromatic heterocycles. The van der Waals surface area contributed by atoms with Gasteiger partial charge in [-0.05, 0) is 41.5 Å². The lowest BCUT2D eigenvalue weighted by Crippen LogP contribution is -2.30. The van der Waals surface area contributed by atoms with Gasteiger partial charge in [0.25, 0.3) is 0 Å². The van der Waals surface area contributed by atoms with Crippen LogP contribution >= 0.6 is 11.8 Å². The predicted molar refractivity (Wildman–Crippen MR) is 103 cm³/mol. The van der Waals surface area contributed by atoms with Crippen molar-refractivity contribution in [1.29, 1.82) is 0 Å². The number of halogens is 4. The van der Waals surface area contributed by atoms with Crippen molar-refractivity contribution in [2.24, 2.45) is 5.73 Å². The quantitative estimate of drug-likeness (QED) is 0.444. The molecule has 0 aliphatic heterocycles. The number of hydrogen-bond acceptors (Lipinski definition) is 3. The molecule has 0 aliphatic carbocycles. The van der Waals surface area contributed by atoms with Crippen molar-refractivity contribution in [3.63, 3.8) is 0 Å². The standard InChI is InChI=1S/C20H21F4NO2S/c21-17-4-2-1-3-15(17)13-5-7-14(8-6-13)16(20(22,23)24)9-11-28-12-10-18(25)19(26)27/h1-8,16,18H,9-12,25H2,(H,26,27). The molecule has 0 heterocycles. The minimum Gasteiger partial charge on any atom is -0.480 e. The van der Waals surface area contributed by atoms with Gasteiger partial charge in [-0.25, -0.2) is 4.39 Å². The van der Waals surface area contributed by atoms with Crippen LogP contribution in [0.1, 0.15) is 24.3 Å². The van der Waals surface area contributed by atoms with Crippen LogP contribution in [0.5, 0.6) is 0 Å². The van der Waals surface area contributed by atoms with Crippen LogP contribution in [0, 0.1) is 5.82 Å². The van der Waals surface area contributed by atoms with Gasteiger partial charge in [0, 0.05) is 5.56 Å². The molecule has 0 aliphatic rings. The summed E-state index contributed by atoms with van der Waals surface area (Å²) in [6, 6.07) is 10.8. The minimum absolute atomic E-state index is 0.121. The van der Waals surface area contributed by atoms with Crippen molar-refractivity contribution in [3.05, 3.63) is 59.9 Å².